The van der Waals surface area contributed by atoms with Crippen LogP contribution in [0.2, 0.25) is 5.02 Å². The SMILES string of the molecule is O=C(CCCN1CCC(O)(c2ccc(Cl)cc2)CC1)c1ccc(F)cc1.O=c1[nH]c2ccccc2n1C1CCN(CCCC(c2ccc(F)cc2)c2ccc(F)cc2)CC1. The molecule has 3 heterocycles. The van der Waals surface area contributed by atoms with Gasteiger partial charge in [0.2, 0.25) is 0 Å². The third-order valence-electron chi connectivity index (χ3n) is 12.2. The molecular formula is C49H52ClF3N4O3. The zero-order chi connectivity index (χ0) is 42.1. The van der Waals surface area contributed by atoms with Gasteiger partial charge >= 0.3 is 5.69 Å². The number of carbonyl (C=O) groups is 1. The molecule has 6 aromatic rings. The number of H-pyrrole nitrogens is 1. The number of hydrogen-bond acceptors (Lipinski definition) is 5. The first-order chi connectivity index (χ1) is 29.0. The number of ketones is 1. The topological polar surface area (TPSA) is 81.6 Å². The Hall–Kier alpha value is -5.00. The smallest absolute Gasteiger partial charge is 0.326 e. The zero-order valence-electron chi connectivity index (χ0n) is 33.7. The number of hydrogen-bond donors (Lipinski definition) is 2. The predicted octanol–water partition coefficient (Wildman–Crippen LogP) is 10.3. The van der Waals surface area contributed by atoms with Gasteiger partial charge in [0, 0.05) is 55.1 Å². The lowest BCUT2D eigenvalue weighted by Gasteiger charge is -2.38. The minimum Gasteiger partial charge on any atom is -0.385 e. The molecule has 5 aromatic carbocycles. The van der Waals surface area contributed by atoms with Crippen molar-refractivity contribution in [1.29, 1.82) is 0 Å². The Labute approximate surface area is 354 Å². The maximum absolute atomic E-state index is 13.5. The van der Waals surface area contributed by atoms with Gasteiger partial charge in [-0.2, -0.15) is 0 Å². The molecule has 0 spiro atoms. The van der Waals surface area contributed by atoms with Gasteiger partial charge in [0.25, 0.3) is 0 Å². The Morgan fingerprint density at radius 2 is 1.25 bits per heavy atom. The van der Waals surface area contributed by atoms with Crippen LogP contribution in [0.3, 0.4) is 0 Å². The Morgan fingerprint density at radius 1 is 0.717 bits per heavy atom. The first kappa shape index (κ1) is 43.1. The predicted molar refractivity (Wildman–Crippen MR) is 232 cm³/mol. The molecule has 11 heteroatoms. The van der Waals surface area contributed by atoms with E-state index in [0.29, 0.717) is 29.8 Å². The minimum absolute atomic E-state index is 0.0268. The summed E-state index contributed by atoms with van der Waals surface area (Å²) in [5.41, 5.74) is 4.60. The van der Waals surface area contributed by atoms with Crippen molar-refractivity contribution >= 4 is 28.4 Å². The Kier molecular flexibility index (Phi) is 14.4. The number of para-hydroxylation sites is 2. The molecule has 2 saturated heterocycles. The van der Waals surface area contributed by atoms with Crippen molar-refractivity contribution in [2.24, 2.45) is 0 Å². The van der Waals surface area contributed by atoms with E-state index in [4.69, 9.17) is 11.6 Å². The standard InChI is InChI=1S/C28H29F2N3O.C21H23ClFNO2/c29-22-11-7-20(8-12-22)25(21-9-13-23(30)14-10-21)4-3-17-32-18-15-24(16-19-32)33-27-6-2-1-5-26(27)31-28(33)34;22-18-7-5-17(6-8-18)21(26)11-14-24(15-12-21)13-1-2-20(25)16-3-9-19(23)10-4-16/h1-2,5-14,24-25H,3-4,15-19H2,(H,31,34);3-10,26H,1-2,11-15H2. The maximum atomic E-state index is 13.5. The van der Waals surface area contributed by atoms with Crippen molar-refractivity contribution in [1.82, 2.24) is 19.4 Å². The van der Waals surface area contributed by atoms with Gasteiger partial charge in [-0.25, -0.2) is 18.0 Å². The van der Waals surface area contributed by atoms with E-state index < -0.39 is 5.60 Å². The van der Waals surface area contributed by atoms with Gasteiger partial charge < -0.3 is 19.9 Å². The lowest BCUT2D eigenvalue weighted by molar-refractivity contribution is -0.0260. The normalized spacial score (nSPS) is 16.2. The first-order valence-electron chi connectivity index (χ1n) is 21.0. The highest BCUT2D eigenvalue weighted by Crippen LogP contribution is 2.34. The number of aromatic amines is 1. The fraction of sp³-hybridized carbons (Fsp3) is 0.347. The van der Waals surface area contributed by atoms with Crippen molar-refractivity contribution < 1.29 is 23.1 Å². The molecule has 1 aromatic heterocycles. The van der Waals surface area contributed by atoms with Crippen LogP contribution in [0.25, 0.3) is 11.0 Å². The number of aromatic nitrogens is 2. The van der Waals surface area contributed by atoms with E-state index in [1.54, 1.807) is 0 Å². The van der Waals surface area contributed by atoms with Crippen LogP contribution in [0.15, 0.2) is 126 Å². The lowest BCUT2D eigenvalue weighted by Crippen LogP contribution is -2.42. The largest absolute Gasteiger partial charge is 0.385 e. The molecule has 8 rings (SSSR count). The molecule has 0 amide bonds. The van der Waals surface area contributed by atoms with Gasteiger partial charge in [-0.05, 0) is 148 Å². The van der Waals surface area contributed by atoms with Crippen molar-refractivity contribution in [3.8, 4) is 0 Å². The minimum atomic E-state index is -0.801. The van der Waals surface area contributed by atoms with Crippen molar-refractivity contribution in [3.05, 3.63) is 177 Å². The molecular weight excluding hydrogens is 785 g/mol. The molecule has 2 fully saturated rings. The van der Waals surface area contributed by atoms with Crippen LogP contribution in [0.4, 0.5) is 13.2 Å². The van der Waals surface area contributed by atoms with Crippen molar-refractivity contribution in [2.75, 3.05) is 39.3 Å². The number of fused-ring (bicyclic) bond motifs is 1. The van der Waals surface area contributed by atoms with E-state index in [1.807, 2.05) is 77.4 Å². The first-order valence-corrected chi connectivity index (χ1v) is 21.3. The summed E-state index contributed by atoms with van der Waals surface area (Å²) in [5.74, 6) is -0.691. The average Bonchev–Trinajstić information content (AvgIpc) is 3.60. The van der Waals surface area contributed by atoms with E-state index in [2.05, 4.69) is 14.8 Å². The Balaban J connectivity index is 0.000000189. The number of imidazole rings is 1. The number of carbonyl (C=O) groups excluding carboxylic acids is 1. The molecule has 60 heavy (non-hydrogen) atoms. The molecule has 2 aliphatic rings. The van der Waals surface area contributed by atoms with E-state index in [-0.39, 0.29) is 40.9 Å². The monoisotopic (exact) mass is 836 g/mol. The number of rotatable bonds is 13. The molecule has 0 aliphatic carbocycles. The van der Waals surface area contributed by atoms with Crippen LogP contribution in [-0.2, 0) is 5.60 Å². The maximum Gasteiger partial charge on any atom is 0.326 e. The van der Waals surface area contributed by atoms with Crippen LogP contribution >= 0.6 is 11.6 Å². The van der Waals surface area contributed by atoms with Gasteiger partial charge in [-0.1, -0.05) is 60.1 Å². The van der Waals surface area contributed by atoms with Crippen LogP contribution in [0.1, 0.15) is 90.4 Å². The highest BCUT2D eigenvalue weighted by Gasteiger charge is 2.33. The highest BCUT2D eigenvalue weighted by molar-refractivity contribution is 6.30. The number of nitrogens with one attached hydrogen (secondary N) is 1. The molecule has 2 aliphatic heterocycles. The summed E-state index contributed by atoms with van der Waals surface area (Å²) in [6.07, 6.45) is 6.32. The van der Waals surface area contributed by atoms with E-state index in [1.165, 1.54) is 48.5 Å². The summed E-state index contributed by atoms with van der Waals surface area (Å²) < 4.78 is 41.8. The van der Waals surface area contributed by atoms with Crippen LogP contribution in [0, 0.1) is 17.5 Å². The number of piperidine rings is 2. The summed E-state index contributed by atoms with van der Waals surface area (Å²) in [6, 6.07) is 34.4. The van der Waals surface area contributed by atoms with Gasteiger partial charge in [0.05, 0.1) is 16.6 Å². The second kappa shape index (κ2) is 20.0. The highest BCUT2D eigenvalue weighted by atomic mass is 35.5. The average molecular weight is 837 g/mol. The van der Waals surface area contributed by atoms with Crippen molar-refractivity contribution in [2.45, 2.75) is 68.9 Å². The lowest BCUT2D eigenvalue weighted by atomic mass is 9.84. The van der Waals surface area contributed by atoms with Gasteiger partial charge in [0.1, 0.15) is 17.5 Å². The van der Waals surface area contributed by atoms with E-state index >= 15 is 0 Å². The number of Topliss-reactive ketones (excluding diaryl/α,β-unsaturated/α-hetero) is 1. The number of nitrogens with zero attached hydrogens (tertiary/aromatic N) is 3. The molecule has 2 N–H and O–H groups in total. The summed E-state index contributed by atoms with van der Waals surface area (Å²) >= 11 is 5.92. The van der Waals surface area contributed by atoms with Gasteiger partial charge in [-0.3, -0.25) is 9.36 Å². The van der Waals surface area contributed by atoms with Crippen LogP contribution in [-0.4, -0.2) is 69.5 Å². The molecule has 0 radical (unpaired) electrons. The number of aliphatic hydroxyl groups is 1. The van der Waals surface area contributed by atoms with Crippen molar-refractivity contribution in [3.63, 3.8) is 0 Å². The second-order valence-electron chi connectivity index (χ2n) is 16.1. The summed E-state index contributed by atoms with van der Waals surface area (Å²) in [7, 11) is 0. The third-order valence-corrected chi connectivity index (χ3v) is 12.4. The van der Waals surface area contributed by atoms with Gasteiger partial charge in [-0.15, -0.1) is 0 Å². The molecule has 314 valence electrons. The number of likely N-dealkylation sites (tertiary alicyclic amines) is 2. The molecule has 0 unspecified atom stereocenters. The summed E-state index contributed by atoms with van der Waals surface area (Å²) in [5, 5.41) is 11.5. The number of benzene rings is 5. The zero-order valence-corrected chi connectivity index (χ0v) is 34.5. The fourth-order valence-corrected chi connectivity index (χ4v) is 8.84. The quantitative estimate of drug-likeness (QED) is 0.113. The third kappa shape index (κ3) is 11.0. The van der Waals surface area contributed by atoms with E-state index in [9.17, 15) is 27.9 Å². The van der Waals surface area contributed by atoms with E-state index in [0.717, 1.165) is 99.1 Å². The Bertz CT molecular complexity index is 2300. The molecule has 0 saturated carbocycles. The molecule has 0 atom stereocenters. The summed E-state index contributed by atoms with van der Waals surface area (Å²) in [4.78, 5) is 32.4. The van der Waals surface area contributed by atoms with Crippen LogP contribution < -0.4 is 5.69 Å². The Morgan fingerprint density at radius 3 is 1.85 bits per heavy atom. The summed E-state index contributed by atoms with van der Waals surface area (Å²) in [6.45, 7) is 5.29. The van der Waals surface area contributed by atoms with Crippen LogP contribution in [0.5, 0.6) is 0 Å². The molecule has 7 nitrogen and oxygen atoms in total. The molecule has 0 bridgehead atoms. The second-order valence-corrected chi connectivity index (χ2v) is 16.5. The fourth-order valence-electron chi connectivity index (χ4n) is 8.71. The number of halogens is 4. The van der Waals surface area contributed by atoms with Gasteiger partial charge in [0.15, 0.2) is 5.78 Å².